The van der Waals surface area contributed by atoms with Crippen molar-refractivity contribution in [1.82, 2.24) is 5.32 Å². The molecule has 3 nitrogen and oxygen atoms in total. The number of carboxylic acids is 1. The first-order valence-corrected chi connectivity index (χ1v) is 4.07. The molecule has 0 rings (SSSR count). The molecule has 0 aromatic rings. The smallest absolute Gasteiger partial charge is 0.326 e. The van der Waals surface area contributed by atoms with E-state index in [-0.39, 0.29) is 10.2 Å². The molecule has 0 fully saturated rings. The number of rotatable bonds is 4. The molecule has 0 aliphatic carbocycles. The van der Waals surface area contributed by atoms with E-state index in [1.165, 1.54) is 6.20 Å². The molecule has 0 spiro atoms. The zero-order valence-corrected chi connectivity index (χ0v) is 7.83. The molecule has 0 saturated heterocycles. The Bertz CT molecular complexity index is 170. The van der Waals surface area contributed by atoms with E-state index in [1.54, 1.807) is 0 Å². The Morgan fingerprint density at radius 2 is 2.27 bits per heavy atom. The van der Waals surface area contributed by atoms with Crippen LogP contribution in [0.4, 0.5) is 0 Å². The van der Waals surface area contributed by atoms with E-state index in [0.717, 1.165) is 0 Å². The fraction of sp³-hybridized carbons (Fsp3) is 0.400. The molecule has 0 radical (unpaired) electrons. The van der Waals surface area contributed by atoms with Crippen LogP contribution in [0.2, 0.25) is 0 Å². The first-order chi connectivity index (χ1) is 5.07. The fourth-order valence-electron chi connectivity index (χ4n) is 0.366. The van der Waals surface area contributed by atoms with Gasteiger partial charge in [0.25, 0.3) is 0 Å². The van der Waals surface area contributed by atoms with Crippen molar-refractivity contribution in [2.24, 2.45) is 0 Å². The monoisotopic (exact) mass is 215 g/mol. The summed E-state index contributed by atoms with van der Waals surface area (Å²) in [5.41, 5.74) is 0. The highest BCUT2D eigenvalue weighted by atomic mass is 35.5. The summed E-state index contributed by atoms with van der Waals surface area (Å²) in [7, 11) is 0. The summed E-state index contributed by atoms with van der Waals surface area (Å²) in [6.07, 6.45) is 1.21. The third-order valence-electron chi connectivity index (χ3n) is 0.874. The van der Waals surface area contributed by atoms with Gasteiger partial charge in [-0.15, -0.1) is 0 Å². The third kappa shape index (κ3) is 5.24. The number of carboxylic acid groups (broad SMARTS) is 1. The van der Waals surface area contributed by atoms with Gasteiger partial charge in [0, 0.05) is 12.0 Å². The summed E-state index contributed by atoms with van der Waals surface area (Å²) in [4.78, 5) is 10.3. The fourth-order valence-corrected chi connectivity index (χ4v) is 0.753. The van der Waals surface area contributed by atoms with Crippen molar-refractivity contribution in [3.05, 3.63) is 10.7 Å². The minimum atomic E-state index is -0.995. The van der Waals surface area contributed by atoms with Gasteiger partial charge in [0.15, 0.2) is 0 Å². The summed E-state index contributed by atoms with van der Waals surface area (Å²) in [5, 5.41) is 10.9. The van der Waals surface area contributed by atoms with Gasteiger partial charge >= 0.3 is 5.97 Å². The van der Waals surface area contributed by atoms with E-state index < -0.39 is 12.0 Å². The maximum Gasteiger partial charge on any atom is 0.326 e. The number of nitrogens with one attached hydrogen (secondary N) is 1. The second-order valence-corrected chi connectivity index (χ2v) is 3.05. The highest BCUT2D eigenvalue weighted by molar-refractivity contribution is 7.80. The molecule has 1 atom stereocenters. The van der Waals surface area contributed by atoms with Gasteiger partial charge in [-0.2, -0.15) is 12.6 Å². The zero-order chi connectivity index (χ0) is 8.85. The van der Waals surface area contributed by atoms with Gasteiger partial charge < -0.3 is 10.4 Å². The van der Waals surface area contributed by atoms with Crippen LogP contribution in [-0.2, 0) is 4.79 Å². The Hall–Kier alpha value is -0.0600. The third-order valence-corrected chi connectivity index (χ3v) is 1.46. The molecule has 0 aromatic carbocycles. The van der Waals surface area contributed by atoms with Crippen LogP contribution < -0.4 is 5.32 Å². The Morgan fingerprint density at radius 3 is 2.55 bits per heavy atom. The molecule has 0 aliphatic rings. The van der Waals surface area contributed by atoms with Gasteiger partial charge in [0.1, 0.15) is 10.5 Å². The van der Waals surface area contributed by atoms with Crippen molar-refractivity contribution in [2.45, 2.75) is 6.04 Å². The summed E-state index contributed by atoms with van der Waals surface area (Å²) in [6.45, 7) is 0. The lowest BCUT2D eigenvalue weighted by Crippen LogP contribution is -2.34. The van der Waals surface area contributed by atoms with Crippen LogP contribution in [0.1, 0.15) is 0 Å². The summed E-state index contributed by atoms with van der Waals surface area (Å²) < 4.78 is -0.0157. The molecular weight excluding hydrogens is 209 g/mol. The number of halogens is 2. The van der Waals surface area contributed by atoms with Crippen molar-refractivity contribution in [3.63, 3.8) is 0 Å². The lowest BCUT2D eigenvalue weighted by atomic mass is 10.3. The average Bonchev–Trinajstić information content (AvgIpc) is 1.87. The Labute approximate surface area is 79.8 Å². The van der Waals surface area contributed by atoms with Crippen LogP contribution in [0, 0.1) is 0 Å². The summed E-state index contributed by atoms with van der Waals surface area (Å²) in [6, 6.07) is -0.758. The predicted molar refractivity (Wildman–Crippen MR) is 48.2 cm³/mol. The first-order valence-electron chi connectivity index (χ1n) is 2.68. The van der Waals surface area contributed by atoms with Gasteiger partial charge in [-0.1, -0.05) is 23.2 Å². The molecule has 2 N–H and O–H groups in total. The molecule has 64 valence electrons. The second-order valence-electron chi connectivity index (χ2n) is 1.67. The number of aliphatic carboxylic acids is 1. The molecule has 11 heavy (non-hydrogen) atoms. The Kier molecular flexibility index (Phi) is 5.54. The number of hydrogen-bond donors (Lipinski definition) is 3. The number of thiol groups is 1. The van der Waals surface area contributed by atoms with Crippen molar-refractivity contribution < 1.29 is 9.90 Å². The van der Waals surface area contributed by atoms with Gasteiger partial charge in [0.05, 0.1) is 0 Å². The van der Waals surface area contributed by atoms with E-state index in [1.807, 2.05) is 0 Å². The topological polar surface area (TPSA) is 49.3 Å². The van der Waals surface area contributed by atoms with E-state index >= 15 is 0 Å². The maximum absolute atomic E-state index is 10.3. The molecule has 6 heteroatoms. The van der Waals surface area contributed by atoms with Gasteiger partial charge in [-0.25, -0.2) is 4.79 Å². The highest BCUT2D eigenvalue weighted by Crippen LogP contribution is 2.04. The lowest BCUT2D eigenvalue weighted by Gasteiger charge is -2.07. The standard InChI is InChI=1S/C5H7Cl2NO2S/c6-4(7)1-8-3(2-11)5(9)10/h1,3,8,11H,2H2,(H,9,10). The van der Waals surface area contributed by atoms with Crippen LogP contribution in [0.5, 0.6) is 0 Å². The highest BCUT2D eigenvalue weighted by Gasteiger charge is 2.12. The van der Waals surface area contributed by atoms with Crippen LogP contribution in [0.15, 0.2) is 10.7 Å². The molecule has 0 aromatic heterocycles. The molecular formula is C5H7Cl2NO2S. The van der Waals surface area contributed by atoms with Crippen molar-refractivity contribution in [2.75, 3.05) is 5.75 Å². The predicted octanol–water partition coefficient (Wildman–Crippen LogP) is 1.24. The Morgan fingerprint density at radius 1 is 1.73 bits per heavy atom. The van der Waals surface area contributed by atoms with Gasteiger partial charge in [-0.3, -0.25) is 0 Å². The quantitative estimate of drug-likeness (QED) is 0.619. The molecule has 0 amide bonds. The maximum atomic E-state index is 10.3. The minimum Gasteiger partial charge on any atom is -0.480 e. The van der Waals surface area contributed by atoms with E-state index in [2.05, 4.69) is 17.9 Å². The molecule has 0 heterocycles. The number of hydrogen-bond acceptors (Lipinski definition) is 3. The largest absolute Gasteiger partial charge is 0.480 e. The van der Waals surface area contributed by atoms with Gasteiger partial charge in [0.2, 0.25) is 0 Å². The molecule has 0 aliphatic heterocycles. The normalized spacial score (nSPS) is 11.9. The van der Waals surface area contributed by atoms with Crippen LogP contribution in [0.3, 0.4) is 0 Å². The lowest BCUT2D eigenvalue weighted by molar-refractivity contribution is -0.138. The summed E-state index contributed by atoms with van der Waals surface area (Å²) >= 11 is 14.3. The van der Waals surface area contributed by atoms with Crippen molar-refractivity contribution >= 4 is 41.8 Å². The van der Waals surface area contributed by atoms with E-state index in [0.29, 0.717) is 0 Å². The van der Waals surface area contributed by atoms with Crippen LogP contribution in [0.25, 0.3) is 0 Å². The Balaban J connectivity index is 3.89. The zero-order valence-electron chi connectivity index (χ0n) is 5.42. The molecule has 0 bridgehead atoms. The van der Waals surface area contributed by atoms with Crippen LogP contribution in [-0.4, -0.2) is 22.9 Å². The molecule has 0 saturated carbocycles. The first kappa shape index (κ1) is 10.9. The summed E-state index contributed by atoms with van der Waals surface area (Å²) in [5.74, 6) is -0.821. The van der Waals surface area contributed by atoms with Crippen molar-refractivity contribution in [3.8, 4) is 0 Å². The second kappa shape index (κ2) is 5.57. The van der Waals surface area contributed by atoms with Crippen LogP contribution >= 0.6 is 35.8 Å². The van der Waals surface area contributed by atoms with Gasteiger partial charge in [-0.05, 0) is 0 Å². The number of carbonyl (C=O) groups is 1. The van der Waals surface area contributed by atoms with E-state index in [4.69, 9.17) is 28.3 Å². The average molecular weight is 216 g/mol. The molecule has 1 unspecified atom stereocenters. The van der Waals surface area contributed by atoms with E-state index in [9.17, 15) is 4.79 Å². The van der Waals surface area contributed by atoms with Crippen molar-refractivity contribution in [1.29, 1.82) is 0 Å². The SMILES string of the molecule is O=C(O)C(CS)NC=C(Cl)Cl. The minimum absolute atomic E-state index is 0.0157.